The van der Waals surface area contributed by atoms with Crippen molar-refractivity contribution < 1.29 is 23.5 Å². The number of carboxylic acids is 1. The van der Waals surface area contributed by atoms with Gasteiger partial charge >= 0.3 is 5.97 Å². The number of hydrogen-bond acceptors (Lipinski definition) is 3. The highest BCUT2D eigenvalue weighted by Gasteiger charge is 2.45. The summed E-state index contributed by atoms with van der Waals surface area (Å²) in [5.41, 5.74) is 0.432. The average molecular weight is 319 g/mol. The van der Waals surface area contributed by atoms with Gasteiger partial charge in [-0.2, -0.15) is 0 Å². The molecule has 6 heteroatoms. The zero-order chi connectivity index (χ0) is 16.6. The number of furan rings is 1. The molecule has 1 aromatic carbocycles. The Morgan fingerprint density at radius 3 is 2.74 bits per heavy atom. The highest BCUT2D eigenvalue weighted by molar-refractivity contribution is 5.86. The molecule has 1 saturated carbocycles. The molecule has 2 N–H and O–H groups in total. The maximum absolute atomic E-state index is 13.3. The van der Waals surface area contributed by atoms with E-state index in [1.165, 1.54) is 12.1 Å². The summed E-state index contributed by atoms with van der Waals surface area (Å²) >= 11 is 0. The van der Waals surface area contributed by atoms with Crippen molar-refractivity contribution in [2.45, 2.75) is 39.2 Å². The summed E-state index contributed by atoms with van der Waals surface area (Å²) < 4.78 is 18.9. The van der Waals surface area contributed by atoms with Gasteiger partial charge in [0.25, 0.3) is 0 Å². The van der Waals surface area contributed by atoms with Gasteiger partial charge in [-0.05, 0) is 38.0 Å². The van der Waals surface area contributed by atoms with Crippen molar-refractivity contribution in [3.8, 4) is 0 Å². The number of carboxylic acid groups (broad SMARTS) is 1. The number of amides is 1. The van der Waals surface area contributed by atoms with Gasteiger partial charge < -0.3 is 14.8 Å². The number of halogens is 1. The van der Waals surface area contributed by atoms with Gasteiger partial charge in [0, 0.05) is 17.4 Å². The Balaban J connectivity index is 1.67. The van der Waals surface area contributed by atoms with Crippen molar-refractivity contribution >= 4 is 22.8 Å². The van der Waals surface area contributed by atoms with E-state index in [2.05, 4.69) is 5.32 Å². The molecule has 1 aliphatic rings. The van der Waals surface area contributed by atoms with Crippen molar-refractivity contribution in [2.75, 3.05) is 0 Å². The molecule has 2 aromatic rings. The number of hydrogen-bond donors (Lipinski definition) is 2. The van der Waals surface area contributed by atoms with E-state index in [9.17, 15) is 19.1 Å². The lowest BCUT2D eigenvalue weighted by atomic mass is 9.66. The Kier molecular flexibility index (Phi) is 3.83. The third kappa shape index (κ3) is 2.81. The fourth-order valence-corrected chi connectivity index (χ4v) is 3.03. The quantitative estimate of drug-likeness (QED) is 0.887. The number of nitrogens with one attached hydrogen (secondary N) is 1. The molecule has 0 bridgehead atoms. The third-order valence-electron chi connectivity index (χ3n) is 4.71. The van der Waals surface area contributed by atoms with Gasteiger partial charge in [0.1, 0.15) is 17.2 Å². The van der Waals surface area contributed by atoms with Crippen molar-refractivity contribution in [1.29, 1.82) is 0 Å². The fourth-order valence-electron chi connectivity index (χ4n) is 3.03. The Morgan fingerprint density at radius 2 is 2.13 bits per heavy atom. The molecule has 0 radical (unpaired) electrons. The molecule has 3 rings (SSSR count). The molecule has 0 aliphatic heterocycles. The summed E-state index contributed by atoms with van der Waals surface area (Å²) in [5.74, 6) is -1.00. The van der Waals surface area contributed by atoms with Crippen LogP contribution < -0.4 is 5.32 Å². The predicted octanol–water partition coefficient (Wildman–Crippen LogP) is 3.14. The van der Waals surface area contributed by atoms with Crippen molar-refractivity contribution in [3.05, 3.63) is 35.3 Å². The van der Waals surface area contributed by atoms with E-state index in [0.717, 1.165) is 12.0 Å². The Morgan fingerprint density at radius 1 is 1.39 bits per heavy atom. The molecule has 5 nitrogen and oxygen atoms in total. The fraction of sp³-hybridized carbons (Fsp3) is 0.412. The molecule has 0 unspecified atom stereocenters. The molecule has 23 heavy (non-hydrogen) atoms. The van der Waals surface area contributed by atoms with Crippen LogP contribution in [-0.2, 0) is 16.1 Å². The van der Waals surface area contributed by atoms with Crippen LogP contribution in [0.4, 0.5) is 4.39 Å². The van der Waals surface area contributed by atoms with Crippen LogP contribution in [0.25, 0.3) is 11.0 Å². The molecular formula is C17H18FNO4. The lowest BCUT2D eigenvalue weighted by Gasteiger charge is -2.36. The highest BCUT2D eigenvalue weighted by atomic mass is 19.1. The van der Waals surface area contributed by atoms with Gasteiger partial charge in [0.2, 0.25) is 5.91 Å². The number of carbonyl (C=O) groups excluding carboxylic acids is 1. The molecule has 0 atom stereocenters. The summed E-state index contributed by atoms with van der Waals surface area (Å²) in [4.78, 5) is 23.3. The molecule has 1 fully saturated rings. The molecule has 0 spiro atoms. The minimum absolute atomic E-state index is 0.0176. The first-order chi connectivity index (χ1) is 10.9. The summed E-state index contributed by atoms with van der Waals surface area (Å²) in [7, 11) is 0. The van der Waals surface area contributed by atoms with Gasteiger partial charge in [-0.15, -0.1) is 0 Å². The summed E-state index contributed by atoms with van der Waals surface area (Å²) in [6, 6.07) is 4.27. The van der Waals surface area contributed by atoms with E-state index in [0.29, 0.717) is 29.6 Å². The second-order valence-electron chi connectivity index (χ2n) is 6.18. The first-order valence-corrected chi connectivity index (χ1v) is 7.59. The highest BCUT2D eigenvalue weighted by Crippen LogP contribution is 2.44. The van der Waals surface area contributed by atoms with Crippen molar-refractivity contribution in [3.63, 3.8) is 0 Å². The summed E-state index contributed by atoms with van der Waals surface area (Å²) in [6.07, 6.45) is 1.90. The number of aliphatic carboxylic acids is 1. The van der Waals surface area contributed by atoms with Gasteiger partial charge in [0.05, 0.1) is 12.0 Å². The molecule has 1 aromatic heterocycles. The minimum atomic E-state index is -0.908. The molecule has 122 valence electrons. The normalized spacial score (nSPS) is 16.1. The van der Waals surface area contributed by atoms with E-state index >= 15 is 0 Å². The molecular weight excluding hydrogens is 301 g/mol. The predicted molar refractivity (Wildman–Crippen MR) is 81.3 cm³/mol. The van der Waals surface area contributed by atoms with Crippen LogP contribution in [0.1, 0.15) is 37.0 Å². The Bertz CT molecular complexity index is 776. The second kappa shape index (κ2) is 5.68. The summed E-state index contributed by atoms with van der Waals surface area (Å²) in [5, 5.41) is 12.6. The lowest BCUT2D eigenvalue weighted by molar-refractivity contribution is -0.157. The number of fused-ring (bicyclic) bond motifs is 1. The smallest absolute Gasteiger partial charge is 0.310 e. The first kappa shape index (κ1) is 15.5. The number of rotatable bonds is 5. The van der Waals surface area contributed by atoms with Gasteiger partial charge in [-0.3, -0.25) is 9.59 Å². The van der Waals surface area contributed by atoms with E-state index in [1.54, 1.807) is 13.0 Å². The van der Waals surface area contributed by atoms with Gasteiger partial charge in [-0.1, -0.05) is 6.42 Å². The van der Waals surface area contributed by atoms with Crippen LogP contribution in [0.2, 0.25) is 0 Å². The van der Waals surface area contributed by atoms with Crippen LogP contribution in [0.15, 0.2) is 22.6 Å². The third-order valence-corrected chi connectivity index (χ3v) is 4.71. The molecule has 1 heterocycles. The van der Waals surface area contributed by atoms with Crippen LogP contribution >= 0.6 is 0 Å². The van der Waals surface area contributed by atoms with E-state index in [4.69, 9.17) is 4.42 Å². The Labute approximate surface area is 132 Å². The maximum Gasteiger partial charge on any atom is 0.310 e. The van der Waals surface area contributed by atoms with E-state index in [1.807, 2.05) is 0 Å². The topological polar surface area (TPSA) is 79.5 Å². The zero-order valence-corrected chi connectivity index (χ0v) is 12.8. The van der Waals surface area contributed by atoms with E-state index in [-0.39, 0.29) is 24.7 Å². The number of carbonyl (C=O) groups is 2. The minimum Gasteiger partial charge on any atom is -0.481 e. The number of aryl methyl sites for hydroxylation is 1. The zero-order valence-electron chi connectivity index (χ0n) is 12.8. The Hall–Kier alpha value is -2.37. The largest absolute Gasteiger partial charge is 0.481 e. The van der Waals surface area contributed by atoms with Crippen LogP contribution in [0.5, 0.6) is 0 Å². The molecule has 1 amide bonds. The van der Waals surface area contributed by atoms with Crippen molar-refractivity contribution in [2.24, 2.45) is 5.41 Å². The average Bonchev–Trinajstić information content (AvgIpc) is 2.77. The number of benzene rings is 1. The molecule has 0 saturated heterocycles. The molecule has 1 aliphatic carbocycles. The van der Waals surface area contributed by atoms with Crippen LogP contribution in [0, 0.1) is 18.2 Å². The SMILES string of the molecule is Cc1c(CNC(=O)CC2(C(=O)O)CCC2)oc2ccc(F)cc12. The van der Waals surface area contributed by atoms with Gasteiger partial charge in [-0.25, -0.2) is 4.39 Å². The second-order valence-corrected chi connectivity index (χ2v) is 6.18. The lowest BCUT2D eigenvalue weighted by Crippen LogP contribution is -2.42. The summed E-state index contributed by atoms with van der Waals surface area (Å²) in [6.45, 7) is 1.97. The van der Waals surface area contributed by atoms with E-state index < -0.39 is 11.4 Å². The van der Waals surface area contributed by atoms with Gasteiger partial charge in [0.15, 0.2) is 0 Å². The first-order valence-electron chi connectivity index (χ1n) is 7.59. The standard InChI is InChI=1S/C17H18FNO4/c1-10-12-7-11(18)3-4-13(12)23-14(10)9-19-15(20)8-17(16(21)22)5-2-6-17/h3-4,7H,2,5-6,8-9H2,1H3,(H,19,20)(H,21,22). The van der Waals surface area contributed by atoms with Crippen molar-refractivity contribution in [1.82, 2.24) is 5.32 Å². The maximum atomic E-state index is 13.3. The monoisotopic (exact) mass is 319 g/mol. The van der Waals surface area contributed by atoms with Crippen LogP contribution in [0.3, 0.4) is 0 Å². The van der Waals surface area contributed by atoms with Crippen LogP contribution in [-0.4, -0.2) is 17.0 Å².